The maximum atomic E-state index is 11.6. The molecular weight excluding hydrogens is 272 g/mol. The summed E-state index contributed by atoms with van der Waals surface area (Å²) in [6.07, 6.45) is 0.276. The molecule has 108 valence electrons. The summed E-state index contributed by atoms with van der Waals surface area (Å²) in [6.45, 7) is 5.10. The third-order valence-electron chi connectivity index (χ3n) is 3.23. The van der Waals surface area contributed by atoms with Crippen molar-refractivity contribution in [3.63, 3.8) is 0 Å². The van der Waals surface area contributed by atoms with Crippen molar-refractivity contribution in [1.82, 2.24) is 15.5 Å². The van der Waals surface area contributed by atoms with Crippen LogP contribution in [0.1, 0.15) is 11.1 Å². The van der Waals surface area contributed by atoms with E-state index in [1.165, 1.54) is 5.56 Å². The van der Waals surface area contributed by atoms with Gasteiger partial charge in [-0.05, 0) is 11.1 Å². The van der Waals surface area contributed by atoms with Gasteiger partial charge in [-0.2, -0.15) is 0 Å². The Bertz CT molecular complexity index is 486. The highest BCUT2D eigenvalue weighted by molar-refractivity contribution is 7.96. The largest absolute Gasteiger partial charge is 0.314 e. The summed E-state index contributed by atoms with van der Waals surface area (Å²) in [5, 5.41) is 12.7. The Hall–Kier alpha value is -1.37. The monoisotopic (exact) mass is 292 g/mol. The Balaban J connectivity index is 1.93. The minimum atomic E-state index is -0.204. The van der Waals surface area contributed by atoms with Crippen LogP contribution in [0.15, 0.2) is 24.3 Å². The molecule has 0 saturated carbocycles. The van der Waals surface area contributed by atoms with Gasteiger partial charge in [-0.25, -0.2) is 0 Å². The van der Waals surface area contributed by atoms with E-state index in [9.17, 15) is 4.79 Å². The molecule has 0 unspecified atom stereocenters. The first-order valence-electron chi connectivity index (χ1n) is 6.72. The van der Waals surface area contributed by atoms with Gasteiger partial charge in [0, 0.05) is 32.7 Å². The quantitative estimate of drug-likeness (QED) is 0.373. The predicted octanol–water partition coefficient (Wildman–Crippen LogP) is 0.615. The van der Waals surface area contributed by atoms with Crippen molar-refractivity contribution in [1.29, 1.82) is 5.41 Å². The predicted molar refractivity (Wildman–Crippen MR) is 83.1 cm³/mol. The SMILES string of the molecule is N=C(S)NC(=O)Cc1cccc(CN2CCNCC2)c1. The van der Waals surface area contributed by atoms with E-state index in [4.69, 9.17) is 5.41 Å². The van der Waals surface area contributed by atoms with E-state index in [0.717, 1.165) is 38.3 Å². The van der Waals surface area contributed by atoms with Gasteiger partial charge in [0.05, 0.1) is 6.42 Å². The molecule has 20 heavy (non-hydrogen) atoms. The number of nitrogens with zero attached hydrogens (tertiary/aromatic N) is 1. The molecule has 0 bridgehead atoms. The number of hydrogen-bond donors (Lipinski definition) is 4. The average Bonchev–Trinajstić information content (AvgIpc) is 2.39. The minimum Gasteiger partial charge on any atom is -0.314 e. The van der Waals surface area contributed by atoms with Crippen LogP contribution in [-0.2, 0) is 17.8 Å². The second-order valence-electron chi connectivity index (χ2n) is 4.92. The van der Waals surface area contributed by atoms with Crippen LogP contribution < -0.4 is 10.6 Å². The Morgan fingerprint density at radius 1 is 1.35 bits per heavy atom. The average molecular weight is 292 g/mol. The first kappa shape index (κ1) is 15.0. The Morgan fingerprint density at radius 2 is 2.05 bits per heavy atom. The zero-order valence-electron chi connectivity index (χ0n) is 11.4. The summed E-state index contributed by atoms with van der Waals surface area (Å²) >= 11 is 3.75. The number of rotatable bonds is 4. The normalized spacial score (nSPS) is 15.8. The van der Waals surface area contributed by atoms with Crippen LogP contribution in [0.3, 0.4) is 0 Å². The highest BCUT2D eigenvalue weighted by Crippen LogP contribution is 2.10. The first-order valence-corrected chi connectivity index (χ1v) is 7.16. The van der Waals surface area contributed by atoms with Crippen LogP contribution in [0, 0.1) is 5.41 Å². The molecule has 5 nitrogen and oxygen atoms in total. The lowest BCUT2D eigenvalue weighted by Gasteiger charge is -2.27. The van der Waals surface area contributed by atoms with Crippen LogP contribution in [-0.4, -0.2) is 42.2 Å². The summed E-state index contributed by atoms with van der Waals surface area (Å²) in [7, 11) is 0. The maximum absolute atomic E-state index is 11.6. The van der Waals surface area contributed by atoms with Gasteiger partial charge in [-0.15, -0.1) is 12.6 Å². The molecule has 0 atom stereocenters. The van der Waals surface area contributed by atoms with Crippen LogP contribution in [0.25, 0.3) is 0 Å². The number of piperazine rings is 1. The highest BCUT2D eigenvalue weighted by atomic mass is 32.1. The number of amidine groups is 1. The molecule has 1 aromatic rings. The van der Waals surface area contributed by atoms with Crippen molar-refractivity contribution in [3.05, 3.63) is 35.4 Å². The zero-order valence-corrected chi connectivity index (χ0v) is 12.2. The van der Waals surface area contributed by atoms with E-state index in [1.807, 2.05) is 12.1 Å². The first-order chi connectivity index (χ1) is 9.63. The van der Waals surface area contributed by atoms with Gasteiger partial charge in [0.25, 0.3) is 0 Å². The van der Waals surface area contributed by atoms with Gasteiger partial charge in [0.1, 0.15) is 0 Å². The van der Waals surface area contributed by atoms with Gasteiger partial charge >= 0.3 is 0 Å². The van der Waals surface area contributed by atoms with E-state index in [-0.39, 0.29) is 17.5 Å². The van der Waals surface area contributed by atoms with Gasteiger partial charge in [0.2, 0.25) is 5.91 Å². The maximum Gasteiger partial charge on any atom is 0.230 e. The van der Waals surface area contributed by atoms with Crippen molar-refractivity contribution in [3.8, 4) is 0 Å². The fourth-order valence-corrected chi connectivity index (χ4v) is 2.45. The topological polar surface area (TPSA) is 68.2 Å². The Labute approximate surface area is 124 Å². The fraction of sp³-hybridized carbons (Fsp3) is 0.429. The summed E-state index contributed by atoms with van der Waals surface area (Å²) in [4.78, 5) is 14.0. The number of nitrogens with one attached hydrogen (secondary N) is 3. The van der Waals surface area contributed by atoms with Crippen molar-refractivity contribution in [2.24, 2.45) is 0 Å². The lowest BCUT2D eigenvalue weighted by molar-refractivity contribution is -0.119. The molecule has 0 radical (unpaired) electrons. The molecule has 1 aliphatic heterocycles. The molecule has 0 spiro atoms. The van der Waals surface area contributed by atoms with Gasteiger partial charge < -0.3 is 10.6 Å². The van der Waals surface area contributed by atoms with Crippen LogP contribution in [0.4, 0.5) is 0 Å². The third kappa shape index (κ3) is 4.96. The van der Waals surface area contributed by atoms with E-state index < -0.39 is 0 Å². The summed E-state index contributed by atoms with van der Waals surface area (Å²) in [6, 6.07) is 8.06. The molecule has 1 amide bonds. The molecule has 1 heterocycles. The van der Waals surface area contributed by atoms with Crippen LogP contribution in [0.5, 0.6) is 0 Å². The summed E-state index contributed by atoms with van der Waals surface area (Å²) < 4.78 is 0. The second kappa shape index (κ2) is 7.42. The smallest absolute Gasteiger partial charge is 0.230 e. The molecule has 0 aliphatic carbocycles. The Kier molecular flexibility index (Phi) is 5.58. The molecule has 3 N–H and O–H groups in total. The summed E-state index contributed by atoms with van der Waals surface area (Å²) in [5.41, 5.74) is 2.18. The van der Waals surface area contributed by atoms with Crippen LogP contribution >= 0.6 is 12.6 Å². The summed E-state index contributed by atoms with van der Waals surface area (Å²) in [5.74, 6) is -0.204. The van der Waals surface area contributed by atoms with E-state index in [0.29, 0.717) is 0 Å². The van der Waals surface area contributed by atoms with Crippen molar-refractivity contribution in [2.45, 2.75) is 13.0 Å². The molecule has 1 aromatic carbocycles. The zero-order chi connectivity index (χ0) is 14.4. The molecule has 1 saturated heterocycles. The highest BCUT2D eigenvalue weighted by Gasteiger charge is 2.10. The van der Waals surface area contributed by atoms with E-state index in [2.05, 4.69) is 40.3 Å². The van der Waals surface area contributed by atoms with Crippen molar-refractivity contribution in [2.75, 3.05) is 26.2 Å². The number of benzene rings is 1. The number of hydrogen-bond acceptors (Lipinski definition) is 4. The van der Waals surface area contributed by atoms with Crippen molar-refractivity contribution < 1.29 is 4.79 Å². The molecule has 2 rings (SSSR count). The Morgan fingerprint density at radius 3 is 2.75 bits per heavy atom. The number of carbonyl (C=O) groups is 1. The van der Waals surface area contributed by atoms with Crippen LogP contribution in [0.2, 0.25) is 0 Å². The molecule has 6 heteroatoms. The van der Waals surface area contributed by atoms with Gasteiger partial charge in [0.15, 0.2) is 5.17 Å². The lowest BCUT2D eigenvalue weighted by atomic mass is 10.1. The number of amides is 1. The fourth-order valence-electron chi connectivity index (χ4n) is 2.33. The van der Waals surface area contributed by atoms with Gasteiger partial charge in [-0.3, -0.25) is 15.1 Å². The minimum absolute atomic E-state index is 0.119. The van der Waals surface area contributed by atoms with E-state index >= 15 is 0 Å². The molecule has 1 aliphatic rings. The molecule has 1 fully saturated rings. The van der Waals surface area contributed by atoms with E-state index in [1.54, 1.807) is 0 Å². The standard InChI is InChI=1S/C14H20N4OS/c15-14(20)17-13(19)9-11-2-1-3-12(8-11)10-18-6-4-16-5-7-18/h1-3,8,16H,4-7,9-10H2,(H3,15,17,19,20). The lowest BCUT2D eigenvalue weighted by Crippen LogP contribution is -2.42. The third-order valence-corrected chi connectivity index (χ3v) is 3.34. The van der Waals surface area contributed by atoms with Gasteiger partial charge in [-0.1, -0.05) is 24.3 Å². The van der Waals surface area contributed by atoms with Crippen molar-refractivity contribution >= 4 is 23.7 Å². The molecular formula is C14H20N4OS. The number of carbonyl (C=O) groups excluding carboxylic acids is 1. The molecule has 0 aromatic heterocycles. The number of thiol groups is 1. The second-order valence-corrected chi connectivity index (χ2v) is 5.37.